The molecule has 0 aliphatic heterocycles. The number of hydrogen-bond donors (Lipinski definition) is 0. The van der Waals surface area contributed by atoms with Gasteiger partial charge >= 0.3 is 18.6 Å². The molecule has 0 saturated carbocycles. The Balaban J connectivity index is -0.000000108. The molecule has 0 aromatic heterocycles. The van der Waals surface area contributed by atoms with Gasteiger partial charge in [-0.3, -0.25) is 14.4 Å². The number of rotatable bonds is 3. The quantitative estimate of drug-likeness (QED) is 0.501. The maximum absolute atomic E-state index is 9.98. The van der Waals surface area contributed by atoms with E-state index < -0.39 is 0 Å². The second kappa shape index (κ2) is 17.3. The van der Waals surface area contributed by atoms with Crippen molar-refractivity contribution in [2.24, 2.45) is 0 Å². The van der Waals surface area contributed by atoms with Crippen LogP contribution in [0.2, 0.25) is 0 Å². The summed E-state index contributed by atoms with van der Waals surface area (Å²) in [5.41, 5.74) is 0. The molecular formula is C15H21O6V. The van der Waals surface area contributed by atoms with E-state index in [4.69, 9.17) is 0 Å². The van der Waals surface area contributed by atoms with Crippen molar-refractivity contribution in [3.63, 3.8) is 0 Å². The minimum atomic E-state index is -0.187. The molecule has 0 amide bonds. The van der Waals surface area contributed by atoms with Crippen LogP contribution in [0.15, 0.2) is 35.5 Å². The third kappa shape index (κ3) is 51.7. The van der Waals surface area contributed by atoms with Gasteiger partial charge < -0.3 is 15.3 Å². The Kier molecular flexibility index (Phi) is 22.3. The molecule has 0 bridgehead atoms. The second-order valence-electron chi connectivity index (χ2n) is 4.10. The van der Waals surface area contributed by atoms with E-state index in [0.29, 0.717) is 0 Å². The molecule has 0 unspecified atom stereocenters. The van der Waals surface area contributed by atoms with Crippen molar-refractivity contribution in [1.29, 1.82) is 0 Å². The Morgan fingerprint density at radius 2 is 0.682 bits per heavy atom. The largest absolute Gasteiger partial charge is 3.00 e. The predicted molar refractivity (Wildman–Crippen MR) is 73.3 cm³/mol. The van der Waals surface area contributed by atoms with E-state index in [9.17, 15) is 29.7 Å². The van der Waals surface area contributed by atoms with Crippen molar-refractivity contribution in [3.05, 3.63) is 35.5 Å². The first-order chi connectivity index (χ1) is 9.38. The molecule has 0 aromatic carbocycles. The number of ketones is 3. The number of allylic oxidation sites excluding steroid dienone is 6. The van der Waals surface area contributed by atoms with E-state index in [1.165, 1.54) is 41.5 Å². The van der Waals surface area contributed by atoms with Gasteiger partial charge in [0.25, 0.3) is 0 Å². The van der Waals surface area contributed by atoms with Crippen LogP contribution in [0.1, 0.15) is 41.5 Å². The van der Waals surface area contributed by atoms with Crippen LogP contribution in [-0.2, 0) is 32.9 Å². The summed E-state index contributed by atoms with van der Waals surface area (Å²) in [7, 11) is 0. The molecule has 0 atom stereocenters. The summed E-state index contributed by atoms with van der Waals surface area (Å²) in [6, 6.07) is 0. The molecule has 0 N–H and O–H groups in total. The third-order valence-electron chi connectivity index (χ3n) is 1.22. The van der Waals surface area contributed by atoms with Gasteiger partial charge in [-0.2, -0.15) is 0 Å². The van der Waals surface area contributed by atoms with Crippen LogP contribution in [0.4, 0.5) is 0 Å². The van der Waals surface area contributed by atoms with Crippen molar-refractivity contribution >= 4 is 17.3 Å². The fraction of sp³-hybridized carbons (Fsp3) is 0.400. The molecule has 0 aromatic rings. The van der Waals surface area contributed by atoms with E-state index >= 15 is 0 Å². The molecule has 0 aliphatic carbocycles. The van der Waals surface area contributed by atoms with Crippen LogP contribution < -0.4 is 15.3 Å². The van der Waals surface area contributed by atoms with E-state index in [-0.39, 0.29) is 53.2 Å². The maximum Gasteiger partial charge on any atom is 3.00 e. The predicted octanol–water partition coefficient (Wildman–Crippen LogP) is -0.484. The van der Waals surface area contributed by atoms with E-state index in [0.717, 1.165) is 18.2 Å². The van der Waals surface area contributed by atoms with Crippen molar-refractivity contribution in [2.75, 3.05) is 0 Å². The van der Waals surface area contributed by atoms with Gasteiger partial charge in [0, 0.05) is 0 Å². The normalized spacial score (nSPS) is 10.9. The molecule has 0 radical (unpaired) electrons. The fourth-order valence-electron chi connectivity index (χ4n) is 0.859. The van der Waals surface area contributed by atoms with Gasteiger partial charge in [0.15, 0.2) is 17.3 Å². The zero-order valence-corrected chi connectivity index (χ0v) is 15.0. The maximum atomic E-state index is 9.98. The zero-order chi connectivity index (χ0) is 17.6. The molecule has 0 heterocycles. The topological polar surface area (TPSA) is 120 Å². The summed E-state index contributed by atoms with van der Waals surface area (Å²) in [5.74, 6) is -1.12. The molecule has 0 fully saturated rings. The van der Waals surface area contributed by atoms with E-state index in [2.05, 4.69) is 0 Å². The summed E-state index contributed by atoms with van der Waals surface area (Å²) in [5, 5.41) is 29.9. The van der Waals surface area contributed by atoms with Crippen molar-refractivity contribution < 1.29 is 48.3 Å². The first-order valence-corrected chi connectivity index (χ1v) is 5.96. The minimum Gasteiger partial charge on any atom is -0.876 e. The van der Waals surface area contributed by atoms with Gasteiger partial charge in [-0.05, 0) is 39.0 Å². The summed E-state index contributed by atoms with van der Waals surface area (Å²) in [6.07, 6.45) is 3.17. The molecule has 0 aliphatic rings. The van der Waals surface area contributed by atoms with Crippen molar-refractivity contribution in [2.45, 2.75) is 41.5 Å². The SMILES string of the molecule is CC(=O)/C=C(/C)[O-].CC(=O)/C=C(/C)[O-].CC(=O)/C=C(/C)[O-].[V+3]. The average molecular weight is 348 g/mol. The molecule has 7 heteroatoms. The Hall–Kier alpha value is -1.79. The minimum absolute atomic E-state index is 0. The van der Waals surface area contributed by atoms with Crippen LogP contribution in [0.3, 0.4) is 0 Å². The number of hydrogen-bond acceptors (Lipinski definition) is 6. The third-order valence-corrected chi connectivity index (χ3v) is 1.22. The molecule has 22 heavy (non-hydrogen) atoms. The first kappa shape index (κ1) is 28.4. The summed E-state index contributed by atoms with van der Waals surface area (Å²) in [4.78, 5) is 29.9. The summed E-state index contributed by atoms with van der Waals surface area (Å²) >= 11 is 0. The van der Waals surface area contributed by atoms with Crippen molar-refractivity contribution in [3.8, 4) is 0 Å². The average Bonchev–Trinajstić information content (AvgIpc) is 2.10. The van der Waals surface area contributed by atoms with E-state index in [1.807, 2.05) is 0 Å². The molecular weight excluding hydrogens is 327 g/mol. The number of carbonyl (C=O) groups is 3. The molecule has 6 nitrogen and oxygen atoms in total. The van der Waals surface area contributed by atoms with Crippen LogP contribution in [0, 0.1) is 0 Å². The number of carbonyl (C=O) groups excluding carboxylic acids is 3. The molecule has 0 saturated heterocycles. The molecule has 0 rings (SSSR count). The van der Waals surface area contributed by atoms with Gasteiger partial charge in [0.05, 0.1) is 0 Å². The van der Waals surface area contributed by atoms with Crippen LogP contribution >= 0.6 is 0 Å². The first-order valence-electron chi connectivity index (χ1n) is 5.96. The van der Waals surface area contributed by atoms with Crippen molar-refractivity contribution in [1.82, 2.24) is 0 Å². The monoisotopic (exact) mass is 348 g/mol. The second-order valence-corrected chi connectivity index (χ2v) is 4.10. The Bertz CT molecular complexity index is 368. The zero-order valence-electron chi connectivity index (χ0n) is 13.6. The summed E-state index contributed by atoms with van der Waals surface area (Å²) in [6.45, 7) is 8.09. The van der Waals surface area contributed by atoms with Gasteiger partial charge in [-0.15, -0.1) is 17.3 Å². The van der Waals surface area contributed by atoms with Gasteiger partial charge in [0.1, 0.15) is 0 Å². The fourth-order valence-corrected chi connectivity index (χ4v) is 0.859. The standard InChI is InChI=1S/3C5H8O2.V/c3*1-4(6)3-5(2)7;/h3*3,6H,1-2H3;/q;;;+3/p-3/b3*4-3-;. The van der Waals surface area contributed by atoms with Crippen LogP contribution in [0.25, 0.3) is 0 Å². The van der Waals surface area contributed by atoms with Gasteiger partial charge in [-0.1, -0.05) is 20.8 Å². The van der Waals surface area contributed by atoms with Gasteiger partial charge in [0.2, 0.25) is 0 Å². The van der Waals surface area contributed by atoms with Gasteiger partial charge in [-0.25, -0.2) is 0 Å². The Labute approximate surface area is 143 Å². The van der Waals surface area contributed by atoms with Crippen LogP contribution in [-0.4, -0.2) is 17.3 Å². The molecule has 0 spiro atoms. The van der Waals surface area contributed by atoms with E-state index in [1.54, 1.807) is 0 Å². The Morgan fingerprint density at radius 1 is 0.545 bits per heavy atom. The van der Waals surface area contributed by atoms with Crippen LogP contribution in [0.5, 0.6) is 0 Å². The molecule has 122 valence electrons. The smallest absolute Gasteiger partial charge is 0.876 e. The summed E-state index contributed by atoms with van der Waals surface area (Å²) < 4.78 is 0. The Morgan fingerprint density at radius 3 is 0.682 bits per heavy atom.